The van der Waals surface area contributed by atoms with Gasteiger partial charge in [0.15, 0.2) is 0 Å². The quantitative estimate of drug-likeness (QED) is 0.919. The second-order valence-electron chi connectivity index (χ2n) is 3.36. The predicted octanol–water partition coefficient (Wildman–Crippen LogP) is 3.30. The van der Waals surface area contributed by atoms with Gasteiger partial charge in [0.25, 0.3) is 0 Å². The van der Waals surface area contributed by atoms with Crippen molar-refractivity contribution in [2.45, 2.75) is 6.92 Å². The number of benzene rings is 1. The van der Waals surface area contributed by atoms with Crippen LogP contribution in [0, 0.1) is 12.7 Å². The molecule has 1 heterocycles. The summed E-state index contributed by atoms with van der Waals surface area (Å²) in [5.74, 6) is 0.275. The molecule has 84 valence electrons. The maximum Gasteiger partial charge on any atom is 0.128 e. The third-order valence-electron chi connectivity index (χ3n) is 2.29. The number of halogens is 2. The van der Waals surface area contributed by atoms with E-state index in [9.17, 15) is 4.39 Å². The van der Waals surface area contributed by atoms with Crippen LogP contribution in [0.3, 0.4) is 0 Å². The van der Waals surface area contributed by atoms with Gasteiger partial charge in [0.05, 0.1) is 11.6 Å². The minimum atomic E-state index is -0.316. The number of hydrogen-bond donors (Lipinski definition) is 1. The van der Waals surface area contributed by atoms with E-state index in [0.717, 1.165) is 10.2 Å². The number of aromatic nitrogens is 2. The van der Waals surface area contributed by atoms with Crippen molar-refractivity contribution in [1.29, 1.82) is 0 Å². The summed E-state index contributed by atoms with van der Waals surface area (Å²) >= 11 is 3.40. The number of ether oxygens (including phenoxy) is 1. The number of methoxy groups -OCH3 is 1. The molecular formula is C11H10BrFN2O. The number of H-pyrrole nitrogens is 1. The maximum atomic E-state index is 13.2. The Hall–Kier alpha value is -1.36. The lowest BCUT2D eigenvalue weighted by atomic mass is 10.1. The normalized spacial score (nSPS) is 10.5. The number of nitrogens with zero attached hydrogens (tertiary/aromatic N) is 1. The summed E-state index contributed by atoms with van der Waals surface area (Å²) in [7, 11) is 1.55. The van der Waals surface area contributed by atoms with Crippen molar-refractivity contribution in [2.75, 3.05) is 7.11 Å². The molecule has 2 aromatic rings. The van der Waals surface area contributed by atoms with Crippen LogP contribution < -0.4 is 4.74 Å². The zero-order valence-electron chi connectivity index (χ0n) is 8.84. The second kappa shape index (κ2) is 4.25. The molecular weight excluding hydrogens is 275 g/mol. The Bertz CT molecular complexity index is 525. The summed E-state index contributed by atoms with van der Waals surface area (Å²) in [6, 6.07) is 4.34. The molecule has 0 fully saturated rings. The van der Waals surface area contributed by atoms with Crippen LogP contribution in [0.4, 0.5) is 4.39 Å². The summed E-state index contributed by atoms with van der Waals surface area (Å²) in [4.78, 5) is 0. The Balaban J connectivity index is 2.62. The number of aryl methyl sites for hydroxylation is 1. The zero-order chi connectivity index (χ0) is 11.7. The van der Waals surface area contributed by atoms with Gasteiger partial charge in [-0.3, -0.25) is 5.10 Å². The fourth-order valence-electron chi connectivity index (χ4n) is 1.46. The maximum absolute atomic E-state index is 13.2. The number of hydrogen-bond acceptors (Lipinski definition) is 2. The third-order valence-corrected chi connectivity index (χ3v) is 3.26. The van der Waals surface area contributed by atoms with E-state index in [1.807, 2.05) is 6.92 Å². The Morgan fingerprint density at radius 2 is 2.19 bits per heavy atom. The van der Waals surface area contributed by atoms with Crippen LogP contribution in [0.1, 0.15) is 5.69 Å². The fourth-order valence-corrected chi connectivity index (χ4v) is 1.85. The molecule has 5 heteroatoms. The second-order valence-corrected chi connectivity index (χ2v) is 4.15. The molecule has 0 saturated carbocycles. The highest BCUT2D eigenvalue weighted by Gasteiger charge is 2.14. The SMILES string of the molecule is COc1ccc(F)cc1-c1n[nH]c(C)c1Br. The Morgan fingerprint density at radius 1 is 1.44 bits per heavy atom. The van der Waals surface area contributed by atoms with E-state index in [2.05, 4.69) is 26.1 Å². The van der Waals surface area contributed by atoms with E-state index in [1.54, 1.807) is 13.2 Å². The van der Waals surface area contributed by atoms with Crippen LogP contribution in [0.5, 0.6) is 5.75 Å². The van der Waals surface area contributed by atoms with Gasteiger partial charge in [0.2, 0.25) is 0 Å². The molecule has 0 saturated heterocycles. The van der Waals surface area contributed by atoms with Crippen molar-refractivity contribution in [1.82, 2.24) is 10.2 Å². The van der Waals surface area contributed by atoms with E-state index < -0.39 is 0 Å². The Kier molecular flexibility index (Phi) is 2.96. The monoisotopic (exact) mass is 284 g/mol. The van der Waals surface area contributed by atoms with Gasteiger partial charge in [-0.25, -0.2) is 4.39 Å². The highest BCUT2D eigenvalue weighted by molar-refractivity contribution is 9.10. The van der Waals surface area contributed by atoms with E-state index >= 15 is 0 Å². The lowest BCUT2D eigenvalue weighted by molar-refractivity contribution is 0.415. The predicted molar refractivity (Wildman–Crippen MR) is 63.0 cm³/mol. The molecule has 1 N–H and O–H groups in total. The standard InChI is InChI=1S/C11H10BrFN2O/c1-6-10(12)11(15-14-6)8-5-7(13)3-4-9(8)16-2/h3-5H,1-2H3,(H,14,15). The van der Waals surface area contributed by atoms with E-state index in [-0.39, 0.29) is 5.82 Å². The minimum absolute atomic E-state index is 0.316. The molecule has 1 aromatic carbocycles. The molecule has 0 aliphatic heterocycles. The first-order valence-electron chi connectivity index (χ1n) is 4.68. The van der Waals surface area contributed by atoms with Crippen LogP contribution in [0.2, 0.25) is 0 Å². The van der Waals surface area contributed by atoms with E-state index in [1.165, 1.54) is 12.1 Å². The van der Waals surface area contributed by atoms with Crippen molar-refractivity contribution in [3.63, 3.8) is 0 Å². The molecule has 0 radical (unpaired) electrons. The molecule has 3 nitrogen and oxygen atoms in total. The smallest absolute Gasteiger partial charge is 0.128 e. The summed E-state index contributed by atoms with van der Waals surface area (Å²) in [6.45, 7) is 1.88. The molecule has 0 aliphatic rings. The highest BCUT2D eigenvalue weighted by Crippen LogP contribution is 2.35. The number of aromatic amines is 1. The van der Waals surface area contributed by atoms with Crippen LogP contribution in [-0.4, -0.2) is 17.3 Å². The van der Waals surface area contributed by atoms with Gasteiger partial charge in [-0.2, -0.15) is 5.10 Å². The van der Waals surface area contributed by atoms with Crippen LogP contribution >= 0.6 is 15.9 Å². The highest BCUT2D eigenvalue weighted by atomic mass is 79.9. The number of rotatable bonds is 2. The Labute approximate surface area is 101 Å². The molecule has 0 atom stereocenters. The third kappa shape index (κ3) is 1.82. The largest absolute Gasteiger partial charge is 0.496 e. The topological polar surface area (TPSA) is 37.9 Å². The van der Waals surface area contributed by atoms with Crippen molar-refractivity contribution >= 4 is 15.9 Å². The van der Waals surface area contributed by atoms with Gasteiger partial charge in [0.1, 0.15) is 17.3 Å². The molecule has 16 heavy (non-hydrogen) atoms. The van der Waals surface area contributed by atoms with Gasteiger partial charge >= 0.3 is 0 Å². The summed E-state index contributed by atoms with van der Waals surface area (Å²) in [6.07, 6.45) is 0. The molecule has 2 rings (SSSR count). The first kappa shape index (κ1) is 11.1. The van der Waals surface area contributed by atoms with Crippen molar-refractivity contribution in [2.24, 2.45) is 0 Å². The molecule has 0 spiro atoms. The molecule has 0 amide bonds. The minimum Gasteiger partial charge on any atom is -0.496 e. The van der Waals surface area contributed by atoms with Crippen LogP contribution in [0.15, 0.2) is 22.7 Å². The zero-order valence-corrected chi connectivity index (χ0v) is 10.4. The van der Waals surface area contributed by atoms with E-state index in [4.69, 9.17) is 4.74 Å². The molecule has 0 aliphatic carbocycles. The van der Waals surface area contributed by atoms with Crippen molar-refractivity contribution < 1.29 is 9.13 Å². The van der Waals surface area contributed by atoms with Gasteiger partial charge < -0.3 is 4.74 Å². The average Bonchev–Trinajstić information content (AvgIpc) is 2.60. The summed E-state index contributed by atoms with van der Waals surface area (Å²) in [5, 5.41) is 6.95. The summed E-state index contributed by atoms with van der Waals surface area (Å²) in [5.41, 5.74) is 2.16. The van der Waals surface area contributed by atoms with Crippen molar-refractivity contribution in [3.05, 3.63) is 34.2 Å². The van der Waals surface area contributed by atoms with E-state index in [0.29, 0.717) is 17.0 Å². The lowest BCUT2D eigenvalue weighted by Gasteiger charge is -2.06. The van der Waals surface area contributed by atoms with Gasteiger partial charge in [-0.05, 0) is 41.1 Å². The summed E-state index contributed by atoms with van der Waals surface area (Å²) < 4.78 is 19.2. The van der Waals surface area contributed by atoms with Crippen LogP contribution in [-0.2, 0) is 0 Å². The van der Waals surface area contributed by atoms with Crippen LogP contribution in [0.25, 0.3) is 11.3 Å². The van der Waals surface area contributed by atoms with Gasteiger partial charge in [0, 0.05) is 11.3 Å². The lowest BCUT2D eigenvalue weighted by Crippen LogP contribution is -1.90. The number of nitrogens with one attached hydrogen (secondary N) is 1. The molecule has 0 unspecified atom stereocenters. The Morgan fingerprint density at radius 3 is 2.75 bits per heavy atom. The fraction of sp³-hybridized carbons (Fsp3) is 0.182. The van der Waals surface area contributed by atoms with Gasteiger partial charge in [-0.1, -0.05) is 0 Å². The first-order valence-corrected chi connectivity index (χ1v) is 5.47. The molecule has 1 aromatic heterocycles. The first-order chi connectivity index (χ1) is 7.63. The van der Waals surface area contributed by atoms with Gasteiger partial charge in [-0.15, -0.1) is 0 Å². The van der Waals surface area contributed by atoms with Crippen molar-refractivity contribution in [3.8, 4) is 17.0 Å². The average molecular weight is 285 g/mol. The molecule has 0 bridgehead atoms.